The normalized spacial score (nSPS) is 12.5. The van der Waals surface area contributed by atoms with Gasteiger partial charge in [-0.1, -0.05) is 13.3 Å². The average molecular weight is 210 g/mol. The van der Waals surface area contributed by atoms with E-state index in [1.807, 2.05) is 14.0 Å². The van der Waals surface area contributed by atoms with Crippen LogP contribution in [0, 0.1) is 5.92 Å². The molecular weight excluding hydrogens is 192 g/mol. The van der Waals surface area contributed by atoms with Crippen LogP contribution in [-0.2, 0) is 11.8 Å². The van der Waals surface area contributed by atoms with E-state index in [0.29, 0.717) is 6.54 Å². The number of anilines is 1. The molecule has 0 fully saturated rings. The number of aromatic nitrogens is 2. The van der Waals surface area contributed by atoms with Crippen molar-refractivity contribution in [3.63, 3.8) is 0 Å². The topological polar surface area (TPSA) is 72.9 Å². The summed E-state index contributed by atoms with van der Waals surface area (Å²) in [5.41, 5.74) is 6.26. The SMILES string of the molecule is CCCC(CN)C(=O)Nc1cnn(C)c1. The monoisotopic (exact) mass is 210 g/mol. The Labute approximate surface area is 89.6 Å². The zero-order valence-electron chi connectivity index (χ0n) is 9.23. The van der Waals surface area contributed by atoms with E-state index in [2.05, 4.69) is 10.4 Å². The maximum absolute atomic E-state index is 11.7. The second kappa shape index (κ2) is 5.50. The van der Waals surface area contributed by atoms with Crippen LogP contribution in [0.15, 0.2) is 12.4 Å². The molecule has 1 aromatic heterocycles. The summed E-state index contributed by atoms with van der Waals surface area (Å²) in [7, 11) is 1.81. The average Bonchev–Trinajstić information content (AvgIpc) is 2.60. The summed E-state index contributed by atoms with van der Waals surface area (Å²) >= 11 is 0. The van der Waals surface area contributed by atoms with Crippen LogP contribution in [0.25, 0.3) is 0 Å². The quantitative estimate of drug-likeness (QED) is 0.752. The smallest absolute Gasteiger partial charge is 0.228 e. The highest BCUT2D eigenvalue weighted by molar-refractivity contribution is 5.92. The number of rotatable bonds is 5. The summed E-state index contributed by atoms with van der Waals surface area (Å²) in [6.45, 7) is 2.43. The summed E-state index contributed by atoms with van der Waals surface area (Å²) in [6, 6.07) is 0. The molecule has 1 amide bonds. The molecule has 5 heteroatoms. The predicted octanol–water partition coefficient (Wildman–Crippen LogP) is 0.734. The first-order valence-electron chi connectivity index (χ1n) is 5.17. The van der Waals surface area contributed by atoms with Gasteiger partial charge < -0.3 is 11.1 Å². The Morgan fingerprint density at radius 2 is 2.47 bits per heavy atom. The van der Waals surface area contributed by atoms with Gasteiger partial charge >= 0.3 is 0 Å². The van der Waals surface area contributed by atoms with Gasteiger partial charge in [0.2, 0.25) is 5.91 Å². The highest BCUT2D eigenvalue weighted by Gasteiger charge is 2.15. The van der Waals surface area contributed by atoms with Gasteiger partial charge in [0, 0.05) is 19.8 Å². The number of nitrogens with two attached hydrogens (primary N) is 1. The van der Waals surface area contributed by atoms with E-state index in [0.717, 1.165) is 18.5 Å². The number of nitrogens with zero attached hydrogens (tertiary/aromatic N) is 2. The van der Waals surface area contributed by atoms with Crippen molar-refractivity contribution in [2.75, 3.05) is 11.9 Å². The number of carbonyl (C=O) groups is 1. The molecule has 0 aliphatic carbocycles. The molecule has 0 radical (unpaired) electrons. The molecule has 3 N–H and O–H groups in total. The minimum Gasteiger partial charge on any atom is -0.330 e. The Kier molecular flexibility index (Phi) is 4.30. The van der Waals surface area contributed by atoms with Crippen molar-refractivity contribution < 1.29 is 4.79 Å². The van der Waals surface area contributed by atoms with Crippen LogP contribution in [0.4, 0.5) is 5.69 Å². The van der Waals surface area contributed by atoms with E-state index in [4.69, 9.17) is 5.73 Å². The number of aryl methyl sites for hydroxylation is 1. The Hall–Kier alpha value is -1.36. The standard InChI is InChI=1S/C10H18N4O/c1-3-4-8(5-11)10(15)13-9-6-12-14(2)7-9/h6-8H,3-5,11H2,1-2H3,(H,13,15). The van der Waals surface area contributed by atoms with Gasteiger partial charge in [0.1, 0.15) is 0 Å². The zero-order valence-corrected chi connectivity index (χ0v) is 9.23. The van der Waals surface area contributed by atoms with Gasteiger partial charge in [-0.3, -0.25) is 9.48 Å². The van der Waals surface area contributed by atoms with Crippen LogP contribution >= 0.6 is 0 Å². The van der Waals surface area contributed by atoms with Crippen LogP contribution in [0.2, 0.25) is 0 Å². The summed E-state index contributed by atoms with van der Waals surface area (Å²) in [5.74, 6) is -0.123. The molecule has 1 atom stereocenters. The third kappa shape index (κ3) is 3.36. The molecule has 0 bridgehead atoms. The highest BCUT2D eigenvalue weighted by atomic mass is 16.1. The minimum absolute atomic E-state index is 0.0210. The first-order chi connectivity index (χ1) is 7.17. The molecule has 1 rings (SSSR count). The second-order valence-electron chi connectivity index (χ2n) is 3.61. The maximum atomic E-state index is 11.7. The highest BCUT2D eigenvalue weighted by Crippen LogP contribution is 2.10. The fourth-order valence-corrected chi connectivity index (χ4v) is 1.43. The fraction of sp³-hybridized carbons (Fsp3) is 0.600. The van der Waals surface area contributed by atoms with Crippen LogP contribution in [0.3, 0.4) is 0 Å². The molecule has 1 aromatic rings. The van der Waals surface area contributed by atoms with Crippen molar-refractivity contribution >= 4 is 11.6 Å². The number of hydrogen-bond donors (Lipinski definition) is 2. The molecule has 0 spiro atoms. The van der Waals surface area contributed by atoms with Crippen molar-refractivity contribution in [3.05, 3.63) is 12.4 Å². The van der Waals surface area contributed by atoms with Crippen molar-refractivity contribution in [3.8, 4) is 0 Å². The van der Waals surface area contributed by atoms with Crippen LogP contribution in [0.1, 0.15) is 19.8 Å². The number of carbonyl (C=O) groups excluding carboxylic acids is 1. The molecule has 5 nitrogen and oxygen atoms in total. The van der Waals surface area contributed by atoms with Crippen molar-refractivity contribution in [1.82, 2.24) is 9.78 Å². The lowest BCUT2D eigenvalue weighted by Gasteiger charge is -2.12. The molecule has 15 heavy (non-hydrogen) atoms. The zero-order chi connectivity index (χ0) is 11.3. The second-order valence-corrected chi connectivity index (χ2v) is 3.61. The van der Waals surface area contributed by atoms with Crippen LogP contribution < -0.4 is 11.1 Å². The summed E-state index contributed by atoms with van der Waals surface area (Å²) in [6.07, 6.45) is 5.17. The first-order valence-corrected chi connectivity index (χ1v) is 5.17. The van der Waals surface area contributed by atoms with Gasteiger partial charge in [-0.05, 0) is 6.42 Å². The molecular formula is C10H18N4O. The predicted molar refractivity (Wildman–Crippen MR) is 59.3 cm³/mol. The number of nitrogens with one attached hydrogen (secondary N) is 1. The van der Waals surface area contributed by atoms with E-state index in [1.54, 1.807) is 17.1 Å². The molecule has 1 heterocycles. The van der Waals surface area contributed by atoms with Gasteiger partial charge in [-0.15, -0.1) is 0 Å². The largest absolute Gasteiger partial charge is 0.330 e. The van der Waals surface area contributed by atoms with Crippen molar-refractivity contribution in [2.24, 2.45) is 18.7 Å². The van der Waals surface area contributed by atoms with E-state index >= 15 is 0 Å². The Balaban J connectivity index is 2.53. The van der Waals surface area contributed by atoms with Gasteiger partial charge in [-0.2, -0.15) is 5.10 Å². The number of amides is 1. The molecule has 0 aliphatic heterocycles. The Morgan fingerprint density at radius 3 is 2.93 bits per heavy atom. The van der Waals surface area contributed by atoms with Gasteiger partial charge in [0.15, 0.2) is 0 Å². The van der Waals surface area contributed by atoms with Crippen LogP contribution in [0.5, 0.6) is 0 Å². The summed E-state index contributed by atoms with van der Waals surface area (Å²) in [5, 5.41) is 6.77. The molecule has 1 unspecified atom stereocenters. The molecule has 0 aliphatic rings. The van der Waals surface area contributed by atoms with Crippen molar-refractivity contribution in [2.45, 2.75) is 19.8 Å². The third-order valence-corrected chi connectivity index (χ3v) is 2.26. The minimum atomic E-state index is -0.102. The Morgan fingerprint density at radius 1 is 1.73 bits per heavy atom. The van der Waals surface area contributed by atoms with Crippen LogP contribution in [-0.4, -0.2) is 22.2 Å². The fourth-order valence-electron chi connectivity index (χ4n) is 1.43. The van der Waals surface area contributed by atoms with E-state index in [-0.39, 0.29) is 11.8 Å². The van der Waals surface area contributed by atoms with Gasteiger partial charge in [-0.25, -0.2) is 0 Å². The molecule has 0 saturated carbocycles. The summed E-state index contributed by atoms with van der Waals surface area (Å²) in [4.78, 5) is 11.7. The Bertz CT molecular complexity index is 321. The van der Waals surface area contributed by atoms with Gasteiger partial charge in [0.25, 0.3) is 0 Å². The third-order valence-electron chi connectivity index (χ3n) is 2.26. The summed E-state index contributed by atoms with van der Waals surface area (Å²) < 4.78 is 1.65. The van der Waals surface area contributed by atoms with Crippen molar-refractivity contribution in [1.29, 1.82) is 0 Å². The lowest BCUT2D eigenvalue weighted by Crippen LogP contribution is -2.29. The molecule has 84 valence electrons. The lowest BCUT2D eigenvalue weighted by molar-refractivity contribution is -0.119. The van der Waals surface area contributed by atoms with E-state index in [1.165, 1.54) is 0 Å². The van der Waals surface area contributed by atoms with E-state index in [9.17, 15) is 4.79 Å². The number of hydrogen-bond acceptors (Lipinski definition) is 3. The van der Waals surface area contributed by atoms with Gasteiger partial charge in [0.05, 0.1) is 17.8 Å². The molecule has 0 aromatic carbocycles. The first kappa shape index (κ1) is 11.7. The van der Waals surface area contributed by atoms with E-state index < -0.39 is 0 Å². The lowest BCUT2D eigenvalue weighted by atomic mass is 10.0. The maximum Gasteiger partial charge on any atom is 0.228 e. The molecule has 0 saturated heterocycles.